The third-order valence-electron chi connectivity index (χ3n) is 2.13. The van der Waals surface area contributed by atoms with Crippen LogP contribution in [0.4, 0.5) is 0 Å². The topological polar surface area (TPSA) is 25.2 Å². The molecule has 2 heteroatoms. The van der Waals surface area contributed by atoms with Gasteiger partial charge in [0.1, 0.15) is 5.58 Å². The molecule has 2 rings (SSSR count). The van der Waals surface area contributed by atoms with Crippen LogP contribution in [-0.4, -0.2) is 6.54 Å². The van der Waals surface area contributed by atoms with Gasteiger partial charge in [0.05, 0.1) is 6.26 Å². The average molecular weight is 175 g/mol. The maximum absolute atomic E-state index is 5.41. The molecule has 1 N–H and O–H groups in total. The fourth-order valence-corrected chi connectivity index (χ4v) is 1.43. The van der Waals surface area contributed by atoms with E-state index in [0.29, 0.717) is 0 Å². The van der Waals surface area contributed by atoms with E-state index in [0.717, 1.165) is 18.7 Å². The Hall–Kier alpha value is -1.28. The number of para-hydroxylation sites is 1. The minimum Gasteiger partial charge on any atom is -0.464 e. The summed E-state index contributed by atoms with van der Waals surface area (Å²) in [7, 11) is 0. The van der Waals surface area contributed by atoms with E-state index in [1.54, 1.807) is 0 Å². The number of benzene rings is 1. The molecule has 1 aromatic carbocycles. The molecule has 2 aromatic rings. The van der Waals surface area contributed by atoms with Gasteiger partial charge in [-0.15, -0.1) is 0 Å². The van der Waals surface area contributed by atoms with Crippen LogP contribution in [-0.2, 0) is 6.54 Å². The Morgan fingerprint density at radius 1 is 1.31 bits per heavy atom. The van der Waals surface area contributed by atoms with Crippen LogP contribution in [0.3, 0.4) is 0 Å². The van der Waals surface area contributed by atoms with Crippen molar-refractivity contribution in [1.82, 2.24) is 5.32 Å². The van der Waals surface area contributed by atoms with Gasteiger partial charge in [0, 0.05) is 17.5 Å². The molecule has 13 heavy (non-hydrogen) atoms. The number of fused-ring (bicyclic) bond motifs is 1. The number of hydrogen-bond acceptors (Lipinski definition) is 2. The summed E-state index contributed by atoms with van der Waals surface area (Å²) in [5.41, 5.74) is 2.20. The molecule has 68 valence electrons. The van der Waals surface area contributed by atoms with Crippen molar-refractivity contribution in [1.29, 1.82) is 0 Å². The van der Waals surface area contributed by atoms with Gasteiger partial charge in [-0.25, -0.2) is 0 Å². The van der Waals surface area contributed by atoms with Crippen LogP contribution in [0, 0.1) is 0 Å². The first kappa shape index (κ1) is 8.32. The van der Waals surface area contributed by atoms with Gasteiger partial charge in [-0.05, 0) is 12.6 Å². The van der Waals surface area contributed by atoms with E-state index >= 15 is 0 Å². The molecular formula is C11H13NO. The highest BCUT2D eigenvalue weighted by Crippen LogP contribution is 2.20. The van der Waals surface area contributed by atoms with Crippen LogP contribution in [0.15, 0.2) is 34.9 Å². The smallest absolute Gasteiger partial charge is 0.134 e. The molecule has 0 fully saturated rings. The second-order valence-corrected chi connectivity index (χ2v) is 3.04. The van der Waals surface area contributed by atoms with Gasteiger partial charge in [0.25, 0.3) is 0 Å². The Balaban J connectivity index is 2.35. The Kier molecular flexibility index (Phi) is 2.32. The zero-order valence-corrected chi connectivity index (χ0v) is 7.71. The summed E-state index contributed by atoms with van der Waals surface area (Å²) >= 11 is 0. The van der Waals surface area contributed by atoms with Crippen molar-refractivity contribution in [2.24, 2.45) is 0 Å². The van der Waals surface area contributed by atoms with E-state index in [-0.39, 0.29) is 0 Å². The molecule has 0 aliphatic heterocycles. The fraction of sp³-hybridized carbons (Fsp3) is 0.273. The SMILES string of the molecule is CCNCc1coc2ccccc12. The summed E-state index contributed by atoms with van der Waals surface area (Å²) in [5.74, 6) is 0. The lowest BCUT2D eigenvalue weighted by Gasteiger charge is -1.97. The molecule has 0 unspecified atom stereocenters. The first-order chi connectivity index (χ1) is 6.42. The summed E-state index contributed by atoms with van der Waals surface area (Å²) in [5, 5.41) is 4.49. The van der Waals surface area contributed by atoms with Crippen LogP contribution in [0.2, 0.25) is 0 Å². The third kappa shape index (κ3) is 1.58. The standard InChI is InChI=1S/C11H13NO/c1-2-12-7-9-8-13-11-6-4-3-5-10(9)11/h3-6,8,12H,2,7H2,1H3. The monoisotopic (exact) mass is 175 g/mol. The van der Waals surface area contributed by atoms with Crippen molar-refractivity contribution in [3.63, 3.8) is 0 Å². The van der Waals surface area contributed by atoms with Gasteiger partial charge in [-0.2, -0.15) is 0 Å². The molecule has 0 bridgehead atoms. The number of furan rings is 1. The summed E-state index contributed by atoms with van der Waals surface area (Å²) in [6, 6.07) is 8.10. The molecule has 0 saturated carbocycles. The maximum atomic E-state index is 5.41. The van der Waals surface area contributed by atoms with Crippen molar-refractivity contribution in [3.8, 4) is 0 Å². The Labute approximate surface area is 77.6 Å². The van der Waals surface area contributed by atoms with Crippen LogP contribution in [0.1, 0.15) is 12.5 Å². The molecule has 0 amide bonds. The lowest BCUT2D eigenvalue weighted by atomic mass is 10.2. The summed E-state index contributed by atoms with van der Waals surface area (Å²) in [4.78, 5) is 0. The summed E-state index contributed by atoms with van der Waals surface area (Å²) < 4.78 is 5.41. The van der Waals surface area contributed by atoms with Gasteiger partial charge in [0.2, 0.25) is 0 Å². The maximum Gasteiger partial charge on any atom is 0.134 e. The zero-order valence-electron chi connectivity index (χ0n) is 7.71. The van der Waals surface area contributed by atoms with E-state index in [1.165, 1.54) is 10.9 Å². The molecule has 0 saturated heterocycles. The molecule has 1 aromatic heterocycles. The second-order valence-electron chi connectivity index (χ2n) is 3.04. The molecule has 0 spiro atoms. The fourth-order valence-electron chi connectivity index (χ4n) is 1.43. The molecule has 0 atom stereocenters. The second kappa shape index (κ2) is 3.62. The van der Waals surface area contributed by atoms with Crippen molar-refractivity contribution >= 4 is 11.0 Å². The Morgan fingerprint density at radius 3 is 3.00 bits per heavy atom. The number of hydrogen-bond donors (Lipinski definition) is 1. The largest absolute Gasteiger partial charge is 0.464 e. The molecular weight excluding hydrogens is 162 g/mol. The minimum absolute atomic E-state index is 0.882. The summed E-state index contributed by atoms with van der Waals surface area (Å²) in [6.07, 6.45) is 1.83. The highest BCUT2D eigenvalue weighted by atomic mass is 16.3. The quantitative estimate of drug-likeness (QED) is 0.775. The van der Waals surface area contributed by atoms with E-state index < -0.39 is 0 Å². The molecule has 1 heterocycles. The van der Waals surface area contributed by atoms with Crippen molar-refractivity contribution in [2.75, 3.05) is 6.54 Å². The highest BCUT2D eigenvalue weighted by Gasteiger charge is 2.02. The first-order valence-corrected chi connectivity index (χ1v) is 4.57. The van der Waals surface area contributed by atoms with Crippen LogP contribution < -0.4 is 5.32 Å². The van der Waals surface area contributed by atoms with E-state index in [4.69, 9.17) is 4.42 Å². The van der Waals surface area contributed by atoms with E-state index in [1.807, 2.05) is 24.5 Å². The molecule has 0 aliphatic rings. The Bertz CT molecular complexity index is 392. The third-order valence-corrected chi connectivity index (χ3v) is 2.13. The van der Waals surface area contributed by atoms with Gasteiger partial charge >= 0.3 is 0 Å². The van der Waals surface area contributed by atoms with Gasteiger partial charge in [-0.3, -0.25) is 0 Å². The van der Waals surface area contributed by atoms with Crippen LogP contribution in [0.25, 0.3) is 11.0 Å². The van der Waals surface area contributed by atoms with E-state index in [2.05, 4.69) is 18.3 Å². The van der Waals surface area contributed by atoms with Crippen molar-refractivity contribution in [2.45, 2.75) is 13.5 Å². The molecule has 0 aliphatic carbocycles. The lowest BCUT2D eigenvalue weighted by Crippen LogP contribution is -2.11. The van der Waals surface area contributed by atoms with Crippen molar-refractivity contribution in [3.05, 3.63) is 36.1 Å². The molecule has 0 radical (unpaired) electrons. The van der Waals surface area contributed by atoms with Gasteiger partial charge in [0.15, 0.2) is 0 Å². The predicted molar refractivity (Wildman–Crippen MR) is 53.6 cm³/mol. The van der Waals surface area contributed by atoms with Crippen LogP contribution in [0.5, 0.6) is 0 Å². The van der Waals surface area contributed by atoms with Gasteiger partial charge in [-0.1, -0.05) is 25.1 Å². The zero-order chi connectivity index (χ0) is 9.10. The van der Waals surface area contributed by atoms with Crippen LogP contribution >= 0.6 is 0 Å². The van der Waals surface area contributed by atoms with Gasteiger partial charge < -0.3 is 9.73 Å². The normalized spacial score (nSPS) is 10.8. The predicted octanol–water partition coefficient (Wildman–Crippen LogP) is 2.54. The van der Waals surface area contributed by atoms with Crippen molar-refractivity contribution < 1.29 is 4.42 Å². The minimum atomic E-state index is 0.882. The first-order valence-electron chi connectivity index (χ1n) is 4.57. The Morgan fingerprint density at radius 2 is 2.15 bits per heavy atom. The number of nitrogens with one attached hydrogen (secondary N) is 1. The lowest BCUT2D eigenvalue weighted by molar-refractivity contribution is 0.604. The number of rotatable bonds is 3. The van der Waals surface area contributed by atoms with E-state index in [9.17, 15) is 0 Å². The highest BCUT2D eigenvalue weighted by molar-refractivity contribution is 5.80. The summed E-state index contributed by atoms with van der Waals surface area (Å²) in [6.45, 7) is 3.97. The molecule has 2 nitrogen and oxygen atoms in total. The average Bonchev–Trinajstić information content (AvgIpc) is 2.58.